The van der Waals surface area contributed by atoms with Gasteiger partial charge in [-0.05, 0) is 106 Å². The van der Waals surface area contributed by atoms with Gasteiger partial charge in [0.15, 0.2) is 5.58 Å². The van der Waals surface area contributed by atoms with Crippen molar-refractivity contribution in [3.05, 3.63) is 194 Å². The molecule has 12 rings (SSSR count). The van der Waals surface area contributed by atoms with E-state index in [1.54, 1.807) is 0 Å². The Kier molecular flexibility index (Phi) is 7.27. The van der Waals surface area contributed by atoms with E-state index in [4.69, 9.17) is 4.42 Å². The lowest BCUT2D eigenvalue weighted by Crippen LogP contribution is -2.01. The van der Waals surface area contributed by atoms with E-state index < -0.39 is 0 Å². The highest BCUT2D eigenvalue weighted by Crippen LogP contribution is 2.42. The number of hydrogen-bond acceptors (Lipinski definition) is 1. The summed E-state index contributed by atoms with van der Waals surface area (Å²) in [6.07, 6.45) is 8.08. The Hall–Kier alpha value is -7.36. The third-order valence-electron chi connectivity index (χ3n) is 12.2. The smallest absolute Gasteiger partial charge is 0.159 e. The molecule has 0 aliphatic heterocycles. The van der Waals surface area contributed by atoms with Crippen LogP contribution in [0.25, 0.3) is 110 Å². The molecule has 1 unspecified atom stereocenters. The van der Waals surface area contributed by atoms with Crippen molar-refractivity contribution in [3.8, 4) is 39.1 Å². The number of benzene rings is 8. The molecule has 1 aliphatic rings. The quantitative estimate of drug-likeness (QED) is 0.172. The van der Waals surface area contributed by atoms with Crippen LogP contribution >= 0.6 is 0 Å². The van der Waals surface area contributed by atoms with Gasteiger partial charge in [0.1, 0.15) is 5.58 Å². The summed E-state index contributed by atoms with van der Waals surface area (Å²) in [7, 11) is 0. The lowest BCUT2D eigenvalue weighted by molar-refractivity contribution is 0.666. The van der Waals surface area contributed by atoms with Gasteiger partial charge in [-0.2, -0.15) is 0 Å². The van der Waals surface area contributed by atoms with E-state index in [0.717, 1.165) is 45.1 Å². The number of nitrogens with zero attached hydrogens (tertiary/aromatic N) is 2. The molecule has 0 amide bonds. The fourth-order valence-corrected chi connectivity index (χ4v) is 9.44. The highest BCUT2D eigenvalue weighted by Gasteiger charge is 2.21. The van der Waals surface area contributed by atoms with Crippen molar-refractivity contribution in [1.82, 2.24) is 9.13 Å². The van der Waals surface area contributed by atoms with E-state index in [1.807, 2.05) is 6.07 Å². The van der Waals surface area contributed by atoms with Crippen molar-refractivity contribution in [2.24, 2.45) is 5.92 Å². The van der Waals surface area contributed by atoms with Gasteiger partial charge in [-0.3, -0.25) is 0 Å². The van der Waals surface area contributed by atoms with Gasteiger partial charge in [0, 0.05) is 38.0 Å². The van der Waals surface area contributed by atoms with Crippen LogP contribution in [0.2, 0.25) is 0 Å². The zero-order valence-corrected chi connectivity index (χ0v) is 32.1. The van der Waals surface area contributed by atoms with Crippen molar-refractivity contribution >= 4 is 71.2 Å². The normalized spacial score (nSPS) is 14.4. The zero-order valence-electron chi connectivity index (χ0n) is 32.1. The van der Waals surface area contributed by atoms with Gasteiger partial charge in [0.05, 0.1) is 27.8 Å². The molecule has 0 bridgehead atoms. The van der Waals surface area contributed by atoms with Crippen molar-refractivity contribution in [1.29, 1.82) is 0 Å². The molecular weight excluding hydrogens is 705 g/mol. The third kappa shape index (κ3) is 5.06. The van der Waals surface area contributed by atoms with Crippen molar-refractivity contribution in [2.45, 2.75) is 13.3 Å². The van der Waals surface area contributed by atoms with Crippen LogP contribution < -0.4 is 0 Å². The largest absolute Gasteiger partial charge is 0.454 e. The molecule has 3 aromatic heterocycles. The van der Waals surface area contributed by atoms with Crippen LogP contribution in [0.4, 0.5) is 0 Å². The molecule has 0 spiro atoms. The van der Waals surface area contributed by atoms with Crippen molar-refractivity contribution in [3.63, 3.8) is 0 Å². The Morgan fingerprint density at radius 2 is 0.983 bits per heavy atom. The molecule has 8 aromatic carbocycles. The Bertz CT molecular complexity index is 3480. The number of aromatic nitrogens is 2. The number of allylic oxidation sites excluding steroid dienone is 4. The first-order valence-electron chi connectivity index (χ1n) is 20.2. The maximum absolute atomic E-state index is 6.67. The molecule has 0 saturated heterocycles. The SMILES string of the molecule is CC1C=C(n2c3ccc(-c4ccccc4)cc3c3cc(-c4ccc5c6cc(-c7ccccc7)ccc6n(-c6cccc7c6oc6ccccc67)c5c4)ccc32)C=CC1. The molecule has 274 valence electrons. The Morgan fingerprint density at radius 1 is 0.431 bits per heavy atom. The van der Waals surface area contributed by atoms with Crippen LogP contribution in [0.1, 0.15) is 13.3 Å². The highest BCUT2D eigenvalue weighted by molar-refractivity contribution is 6.15. The fourth-order valence-electron chi connectivity index (χ4n) is 9.44. The lowest BCUT2D eigenvalue weighted by atomic mass is 9.99. The summed E-state index contributed by atoms with van der Waals surface area (Å²) >= 11 is 0. The second kappa shape index (κ2) is 12.8. The highest BCUT2D eigenvalue weighted by atomic mass is 16.3. The number of hydrogen-bond donors (Lipinski definition) is 0. The Balaban J connectivity index is 1.10. The second-order valence-corrected chi connectivity index (χ2v) is 15.8. The molecule has 0 N–H and O–H groups in total. The van der Waals surface area contributed by atoms with Gasteiger partial charge in [0.25, 0.3) is 0 Å². The van der Waals surface area contributed by atoms with E-state index >= 15 is 0 Å². The molecule has 3 heteroatoms. The summed E-state index contributed by atoms with van der Waals surface area (Å²) in [5.41, 5.74) is 16.0. The zero-order chi connectivity index (χ0) is 38.3. The van der Waals surface area contributed by atoms with E-state index in [-0.39, 0.29) is 0 Å². The summed E-state index contributed by atoms with van der Waals surface area (Å²) in [5.74, 6) is 0.489. The summed E-state index contributed by atoms with van der Waals surface area (Å²) in [4.78, 5) is 0. The minimum absolute atomic E-state index is 0.489. The average Bonchev–Trinajstić information content (AvgIpc) is 3.94. The maximum atomic E-state index is 6.67. The molecule has 1 atom stereocenters. The molecular formula is C55H38N2O. The molecule has 1 aliphatic carbocycles. The van der Waals surface area contributed by atoms with Gasteiger partial charge in [0.2, 0.25) is 0 Å². The number of fused-ring (bicyclic) bond motifs is 9. The first-order chi connectivity index (χ1) is 28.7. The van der Waals surface area contributed by atoms with Crippen LogP contribution in [0, 0.1) is 5.92 Å². The van der Waals surface area contributed by atoms with Crippen LogP contribution in [0.3, 0.4) is 0 Å². The fraction of sp³-hybridized carbons (Fsp3) is 0.0545. The van der Waals surface area contributed by atoms with Crippen LogP contribution in [-0.2, 0) is 0 Å². The predicted molar refractivity (Wildman–Crippen MR) is 245 cm³/mol. The number of furan rings is 1. The topological polar surface area (TPSA) is 23.0 Å². The number of rotatable bonds is 5. The van der Waals surface area contributed by atoms with Gasteiger partial charge in [-0.1, -0.05) is 140 Å². The van der Waals surface area contributed by atoms with Crippen LogP contribution in [0.5, 0.6) is 0 Å². The first-order valence-corrected chi connectivity index (χ1v) is 20.2. The third-order valence-corrected chi connectivity index (χ3v) is 12.2. The predicted octanol–water partition coefficient (Wildman–Crippen LogP) is 15.2. The van der Waals surface area contributed by atoms with Crippen LogP contribution in [-0.4, -0.2) is 9.13 Å². The van der Waals surface area contributed by atoms with Gasteiger partial charge >= 0.3 is 0 Å². The van der Waals surface area contributed by atoms with Crippen LogP contribution in [0.15, 0.2) is 199 Å². The standard InChI is InChI=1S/C55H38N2O/c1-35-12-10-17-42(30-35)56-49-27-23-39(37-15-6-3-7-16-37)32-47(49)48-33-40(25-28-50(48)56)41-22-26-43-46-31-38(36-13-4-2-5-14-36)24-29-51(46)57(53(43)34-41)52-20-11-19-45-44-18-8-9-21-54(44)58-55(45)52/h2-11,13-35H,12H2,1H3. The monoisotopic (exact) mass is 742 g/mol. The van der Waals surface area contributed by atoms with Crippen molar-refractivity contribution < 1.29 is 4.42 Å². The molecule has 58 heavy (non-hydrogen) atoms. The summed E-state index contributed by atoms with van der Waals surface area (Å²) in [5, 5.41) is 7.17. The summed E-state index contributed by atoms with van der Waals surface area (Å²) in [6.45, 7) is 2.30. The minimum Gasteiger partial charge on any atom is -0.454 e. The molecule has 0 fully saturated rings. The van der Waals surface area contributed by atoms with E-state index in [1.165, 1.54) is 71.7 Å². The van der Waals surface area contributed by atoms with Gasteiger partial charge in [-0.15, -0.1) is 0 Å². The number of para-hydroxylation sites is 2. The summed E-state index contributed by atoms with van der Waals surface area (Å²) < 4.78 is 11.5. The Labute approximate surface area is 336 Å². The minimum atomic E-state index is 0.489. The van der Waals surface area contributed by atoms with E-state index in [2.05, 4.69) is 204 Å². The molecule has 3 nitrogen and oxygen atoms in total. The van der Waals surface area contributed by atoms with E-state index in [9.17, 15) is 0 Å². The molecule has 0 radical (unpaired) electrons. The molecule has 11 aromatic rings. The van der Waals surface area contributed by atoms with Gasteiger partial charge < -0.3 is 13.6 Å². The average molecular weight is 743 g/mol. The van der Waals surface area contributed by atoms with Crippen molar-refractivity contribution in [2.75, 3.05) is 0 Å². The Morgan fingerprint density at radius 3 is 1.66 bits per heavy atom. The lowest BCUT2D eigenvalue weighted by Gasteiger charge is -2.16. The van der Waals surface area contributed by atoms with E-state index in [0.29, 0.717) is 5.92 Å². The molecule has 3 heterocycles. The summed E-state index contributed by atoms with van der Waals surface area (Å²) in [6, 6.07) is 64.1. The second-order valence-electron chi connectivity index (χ2n) is 15.8. The van der Waals surface area contributed by atoms with Gasteiger partial charge in [-0.25, -0.2) is 0 Å². The first kappa shape index (κ1) is 32.8. The molecule has 0 saturated carbocycles. The maximum Gasteiger partial charge on any atom is 0.159 e.